The summed E-state index contributed by atoms with van der Waals surface area (Å²) in [5, 5.41) is 1.28. The highest BCUT2D eigenvalue weighted by atomic mass is 31.2. The van der Waals surface area contributed by atoms with E-state index in [0.717, 1.165) is 0 Å². The summed E-state index contributed by atoms with van der Waals surface area (Å²) in [5.41, 5.74) is 0.0906. The molecule has 7 heteroatoms. The molecule has 0 unspecified atom stereocenters. The van der Waals surface area contributed by atoms with E-state index in [1.165, 1.54) is 7.11 Å². The van der Waals surface area contributed by atoms with Gasteiger partial charge in [0.15, 0.2) is 7.14 Å². The van der Waals surface area contributed by atoms with Gasteiger partial charge in [-0.25, -0.2) is 4.79 Å². The molecule has 0 amide bonds. The number of ether oxygens (including phenoxy) is 4. The van der Waals surface area contributed by atoms with E-state index in [2.05, 4.69) is 0 Å². The van der Waals surface area contributed by atoms with Crippen LogP contribution in [0.25, 0.3) is 0 Å². The van der Waals surface area contributed by atoms with Gasteiger partial charge in [-0.2, -0.15) is 0 Å². The summed E-state index contributed by atoms with van der Waals surface area (Å²) < 4.78 is 37.2. The summed E-state index contributed by atoms with van der Waals surface area (Å²) in [5.74, 6) is 1.04. The Morgan fingerprint density at radius 1 is 0.629 bits per heavy atom. The fourth-order valence-corrected chi connectivity index (χ4v) is 6.72. The minimum absolute atomic E-state index is 0.0906. The summed E-state index contributed by atoms with van der Waals surface area (Å²) in [4.78, 5) is 13.5. The number of benzene rings is 4. The number of carbonyl (C=O) groups excluding carboxylic acids is 1. The predicted octanol–water partition coefficient (Wildman–Crippen LogP) is 4.57. The van der Waals surface area contributed by atoms with Gasteiger partial charge in [-0.1, -0.05) is 48.5 Å². The van der Waals surface area contributed by atoms with E-state index in [9.17, 15) is 4.79 Å². The van der Waals surface area contributed by atoms with Crippen molar-refractivity contribution in [3.8, 4) is 23.0 Å². The first kappa shape index (κ1) is 24.1. The lowest BCUT2D eigenvalue weighted by Crippen LogP contribution is -2.30. The number of hydrogen-bond donors (Lipinski definition) is 0. The number of rotatable bonds is 8. The molecule has 0 saturated heterocycles. The zero-order valence-electron chi connectivity index (χ0n) is 19.6. The van der Waals surface area contributed by atoms with Gasteiger partial charge in [-0.15, -0.1) is 0 Å². The fourth-order valence-electron chi connectivity index (χ4n) is 3.84. The molecule has 0 radical (unpaired) electrons. The largest absolute Gasteiger partial charge is 0.497 e. The Balaban J connectivity index is 1.99. The molecule has 35 heavy (non-hydrogen) atoms. The predicted molar refractivity (Wildman–Crippen MR) is 137 cm³/mol. The first-order chi connectivity index (χ1) is 17.0. The molecule has 0 fully saturated rings. The molecular weight excluding hydrogens is 463 g/mol. The minimum Gasteiger partial charge on any atom is -0.497 e. The molecule has 4 rings (SSSR count). The van der Waals surface area contributed by atoms with Crippen LogP contribution < -0.4 is 34.9 Å². The highest BCUT2D eigenvalue weighted by Gasteiger charge is 2.36. The van der Waals surface area contributed by atoms with Gasteiger partial charge in [0, 0.05) is 15.9 Å². The van der Waals surface area contributed by atoms with Crippen molar-refractivity contribution in [1.29, 1.82) is 0 Å². The second-order valence-electron chi connectivity index (χ2n) is 7.57. The lowest BCUT2D eigenvalue weighted by molar-refractivity contribution is 0.0732. The van der Waals surface area contributed by atoms with E-state index in [4.69, 9.17) is 18.9 Å². The molecule has 178 valence electrons. The van der Waals surface area contributed by atoms with E-state index in [1.807, 2.05) is 6.07 Å². The Morgan fingerprint density at radius 3 is 1.71 bits per heavy atom. The van der Waals surface area contributed by atoms with Crippen LogP contribution >= 0.6 is 7.14 Å². The molecule has 0 heterocycles. The van der Waals surface area contributed by atoms with Gasteiger partial charge in [0.1, 0.15) is 28.6 Å². The topological polar surface area (TPSA) is 71.1 Å². The molecule has 0 aliphatic rings. The third kappa shape index (κ3) is 4.79. The van der Waals surface area contributed by atoms with Crippen LogP contribution in [0.15, 0.2) is 97.1 Å². The van der Waals surface area contributed by atoms with Crippen molar-refractivity contribution >= 4 is 29.0 Å². The van der Waals surface area contributed by atoms with Crippen LogP contribution in [-0.4, -0.2) is 27.3 Å². The van der Waals surface area contributed by atoms with E-state index in [1.54, 1.807) is 105 Å². The number of para-hydroxylation sites is 1. The van der Waals surface area contributed by atoms with E-state index < -0.39 is 13.1 Å². The summed E-state index contributed by atoms with van der Waals surface area (Å²) >= 11 is 0. The second kappa shape index (κ2) is 10.5. The fraction of sp³-hybridized carbons (Fsp3) is 0.107. The lowest BCUT2D eigenvalue weighted by Gasteiger charge is -2.24. The standard InChI is InChI=1S/C28H25O6P/c1-31-21-12-7-14-23(18-21)35(30,24-15-8-13-22(19-24)32-2)26-17-9-16-25(33-3)27(26)28(29)34-20-10-5-4-6-11-20/h4-19H,1-3H3. The molecule has 0 aromatic heterocycles. The van der Waals surface area contributed by atoms with Crippen molar-refractivity contribution in [1.82, 2.24) is 0 Å². The Kier molecular flexibility index (Phi) is 7.23. The van der Waals surface area contributed by atoms with Crippen LogP contribution in [0.5, 0.6) is 23.0 Å². The maximum Gasteiger partial charge on any atom is 0.348 e. The molecule has 0 atom stereocenters. The van der Waals surface area contributed by atoms with E-state index in [0.29, 0.717) is 33.2 Å². The van der Waals surface area contributed by atoms with Gasteiger partial charge in [0.2, 0.25) is 0 Å². The molecule has 0 spiro atoms. The van der Waals surface area contributed by atoms with Crippen LogP contribution in [-0.2, 0) is 4.57 Å². The van der Waals surface area contributed by atoms with Gasteiger partial charge in [-0.05, 0) is 48.5 Å². The molecule has 4 aromatic rings. The molecule has 0 bridgehead atoms. The van der Waals surface area contributed by atoms with E-state index >= 15 is 4.57 Å². The molecular formula is C28H25O6P. The Morgan fingerprint density at radius 2 is 1.17 bits per heavy atom. The van der Waals surface area contributed by atoms with Gasteiger partial charge >= 0.3 is 5.97 Å². The van der Waals surface area contributed by atoms with Crippen molar-refractivity contribution in [2.75, 3.05) is 21.3 Å². The van der Waals surface area contributed by atoms with Gasteiger partial charge in [0.05, 0.1) is 21.3 Å². The highest BCUT2D eigenvalue weighted by Crippen LogP contribution is 2.46. The summed E-state index contributed by atoms with van der Waals surface area (Å²) in [7, 11) is 0.916. The van der Waals surface area contributed by atoms with Crippen LogP contribution in [0, 0.1) is 0 Å². The van der Waals surface area contributed by atoms with Crippen molar-refractivity contribution in [2.24, 2.45) is 0 Å². The maximum absolute atomic E-state index is 15.2. The van der Waals surface area contributed by atoms with Crippen molar-refractivity contribution in [2.45, 2.75) is 0 Å². The Labute approximate surface area is 204 Å². The molecule has 0 N–H and O–H groups in total. The third-order valence-corrected chi connectivity index (χ3v) is 8.62. The molecule has 4 aromatic carbocycles. The van der Waals surface area contributed by atoms with Crippen LogP contribution in [0.2, 0.25) is 0 Å². The van der Waals surface area contributed by atoms with Crippen molar-refractivity contribution in [3.63, 3.8) is 0 Å². The first-order valence-electron chi connectivity index (χ1n) is 10.9. The number of hydrogen-bond acceptors (Lipinski definition) is 6. The maximum atomic E-state index is 15.2. The molecule has 0 aliphatic carbocycles. The number of esters is 1. The summed E-state index contributed by atoms with van der Waals surface area (Å²) in [6.07, 6.45) is 0. The van der Waals surface area contributed by atoms with Crippen LogP contribution in [0.1, 0.15) is 10.4 Å². The van der Waals surface area contributed by atoms with Gasteiger partial charge in [0.25, 0.3) is 0 Å². The highest BCUT2D eigenvalue weighted by molar-refractivity contribution is 7.85. The average Bonchev–Trinajstić information content (AvgIpc) is 2.92. The minimum atomic E-state index is -3.63. The number of methoxy groups -OCH3 is 3. The molecule has 6 nitrogen and oxygen atoms in total. The lowest BCUT2D eigenvalue weighted by atomic mass is 10.2. The molecule has 0 saturated carbocycles. The van der Waals surface area contributed by atoms with Crippen LogP contribution in [0.4, 0.5) is 0 Å². The van der Waals surface area contributed by atoms with Crippen LogP contribution in [0.3, 0.4) is 0 Å². The summed E-state index contributed by atoms with van der Waals surface area (Å²) in [6.45, 7) is 0. The third-order valence-electron chi connectivity index (χ3n) is 5.56. The SMILES string of the molecule is COc1cccc(P(=O)(c2cccc(OC)c2)c2cccc(OC)c2C(=O)Oc2ccccc2)c1. The molecule has 0 aliphatic heterocycles. The normalized spacial score (nSPS) is 10.9. The zero-order valence-corrected chi connectivity index (χ0v) is 20.5. The quantitative estimate of drug-likeness (QED) is 0.206. The Hall–Kier alpha value is -4.02. The average molecular weight is 488 g/mol. The smallest absolute Gasteiger partial charge is 0.348 e. The monoisotopic (exact) mass is 488 g/mol. The van der Waals surface area contributed by atoms with Crippen molar-refractivity contribution in [3.05, 3.63) is 103 Å². The van der Waals surface area contributed by atoms with Crippen molar-refractivity contribution < 1.29 is 28.3 Å². The van der Waals surface area contributed by atoms with Gasteiger partial charge < -0.3 is 23.5 Å². The second-order valence-corrected chi connectivity index (χ2v) is 10.3. The number of carbonyl (C=O) groups is 1. The first-order valence-corrected chi connectivity index (χ1v) is 12.6. The zero-order chi connectivity index (χ0) is 24.8. The van der Waals surface area contributed by atoms with Gasteiger partial charge in [-0.3, -0.25) is 0 Å². The summed E-state index contributed by atoms with van der Waals surface area (Å²) in [6, 6.07) is 27.8. The Bertz CT molecular complexity index is 1330. The van der Waals surface area contributed by atoms with E-state index in [-0.39, 0.29) is 11.3 Å².